The van der Waals surface area contributed by atoms with Gasteiger partial charge in [-0.3, -0.25) is 4.79 Å². The van der Waals surface area contributed by atoms with Crippen molar-refractivity contribution in [2.45, 2.75) is 13.3 Å². The standard InChI is InChI=1S/C19H27ClN2O4/c1-3-21(2)9-14-10-22(11-15(14)12-23)19(24)7-13-6-17-18(8-16(13)20)26-5-4-25-17/h6,8,14-15,23H,3-5,7,9-12H2,1-2H3/t14-,15-/m1/s1. The van der Waals surface area contributed by atoms with Crippen molar-refractivity contribution in [2.24, 2.45) is 11.8 Å². The number of ether oxygens (including phenoxy) is 2. The smallest absolute Gasteiger partial charge is 0.227 e. The Kier molecular flexibility index (Phi) is 6.27. The third-order valence-corrected chi connectivity index (χ3v) is 5.65. The summed E-state index contributed by atoms with van der Waals surface area (Å²) < 4.78 is 11.1. The first-order valence-electron chi connectivity index (χ1n) is 9.17. The molecule has 1 amide bonds. The molecule has 1 fully saturated rings. The number of carbonyl (C=O) groups excluding carboxylic acids is 1. The molecule has 1 aromatic rings. The second-order valence-electron chi connectivity index (χ2n) is 7.12. The van der Waals surface area contributed by atoms with E-state index in [1.807, 2.05) is 4.90 Å². The Hall–Kier alpha value is -1.50. The summed E-state index contributed by atoms with van der Waals surface area (Å²) in [6, 6.07) is 3.52. The number of hydrogen-bond acceptors (Lipinski definition) is 5. The third kappa shape index (κ3) is 4.24. The van der Waals surface area contributed by atoms with Crippen LogP contribution in [0.15, 0.2) is 12.1 Å². The Labute approximate surface area is 159 Å². The number of carbonyl (C=O) groups is 1. The second-order valence-corrected chi connectivity index (χ2v) is 7.53. The molecule has 0 spiro atoms. The van der Waals surface area contributed by atoms with Gasteiger partial charge in [-0.25, -0.2) is 0 Å². The lowest BCUT2D eigenvalue weighted by atomic mass is 9.96. The molecular formula is C19H27ClN2O4. The maximum absolute atomic E-state index is 12.8. The van der Waals surface area contributed by atoms with Crippen LogP contribution in [0.25, 0.3) is 0 Å². The summed E-state index contributed by atoms with van der Waals surface area (Å²) >= 11 is 6.33. The number of rotatable bonds is 6. The zero-order chi connectivity index (χ0) is 18.7. The van der Waals surface area contributed by atoms with Gasteiger partial charge in [0, 0.05) is 43.2 Å². The van der Waals surface area contributed by atoms with Gasteiger partial charge in [0.05, 0.1) is 6.42 Å². The minimum Gasteiger partial charge on any atom is -0.486 e. The van der Waals surface area contributed by atoms with Gasteiger partial charge in [-0.2, -0.15) is 0 Å². The van der Waals surface area contributed by atoms with Crippen LogP contribution < -0.4 is 9.47 Å². The number of halogens is 1. The molecule has 0 aromatic heterocycles. The largest absolute Gasteiger partial charge is 0.486 e. The van der Waals surface area contributed by atoms with E-state index in [1.165, 1.54) is 0 Å². The van der Waals surface area contributed by atoms with Gasteiger partial charge < -0.3 is 24.4 Å². The molecule has 2 atom stereocenters. The summed E-state index contributed by atoms with van der Waals surface area (Å²) in [4.78, 5) is 16.9. The van der Waals surface area contributed by atoms with Gasteiger partial charge in [-0.1, -0.05) is 18.5 Å². The molecule has 7 heteroatoms. The average Bonchev–Trinajstić information content (AvgIpc) is 3.05. The topological polar surface area (TPSA) is 62.2 Å². The van der Waals surface area contributed by atoms with Crippen LogP contribution in [0.2, 0.25) is 5.02 Å². The van der Waals surface area contributed by atoms with Crippen LogP contribution in [-0.4, -0.2) is 73.9 Å². The molecular weight excluding hydrogens is 356 g/mol. The van der Waals surface area contributed by atoms with Crippen molar-refractivity contribution in [3.63, 3.8) is 0 Å². The summed E-state index contributed by atoms with van der Waals surface area (Å²) in [5.74, 6) is 1.72. The van der Waals surface area contributed by atoms with Crippen molar-refractivity contribution >= 4 is 17.5 Å². The highest BCUT2D eigenvalue weighted by atomic mass is 35.5. The van der Waals surface area contributed by atoms with E-state index >= 15 is 0 Å². The lowest BCUT2D eigenvalue weighted by molar-refractivity contribution is -0.129. The summed E-state index contributed by atoms with van der Waals surface area (Å²) in [6.45, 7) is 6.33. The molecule has 0 radical (unpaired) electrons. The molecule has 2 aliphatic heterocycles. The fourth-order valence-corrected chi connectivity index (χ4v) is 3.82. The highest BCUT2D eigenvalue weighted by molar-refractivity contribution is 6.31. The number of nitrogens with zero attached hydrogens (tertiary/aromatic N) is 2. The van der Waals surface area contributed by atoms with E-state index in [1.54, 1.807) is 12.1 Å². The third-order valence-electron chi connectivity index (χ3n) is 5.30. The van der Waals surface area contributed by atoms with Crippen LogP contribution in [-0.2, 0) is 11.2 Å². The Morgan fingerprint density at radius 1 is 1.27 bits per heavy atom. The quantitative estimate of drug-likeness (QED) is 0.811. The maximum atomic E-state index is 12.8. The average molecular weight is 383 g/mol. The van der Waals surface area contributed by atoms with Crippen LogP contribution in [0.1, 0.15) is 12.5 Å². The molecule has 2 aliphatic rings. The molecule has 0 bridgehead atoms. The van der Waals surface area contributed by atoms with Gasteiger partial charge >= 0.3 is 0 Å². The van der Waals surface area contributed by atoms with E-state index in [-0.39, 0.29) is 24.9 Å². The van der Waals surface area contributed by atoms with E-state index in [0.29, 0.717) is 48.7 Å². The molecule has 1 saturated heterocycles. The predicted molar refractivity (Wildman–Crippen MR) is 100.0 cm³/mol. The van der Waals surface area contributed by atoms with Crippen LogP contribution >= 0.6 is 11.6 Å². The first-order chi connectivity index (χ1) is 12.5. The molecule has 1 aromatic carbocycles. The Morgan fingerprint density at radius 2 is 1.92 bits per heavy atom. The number of amides is 1. The summed E-state index contributed by atoms with van der Waals surface area (Å²) in [6.07, 6.45) is 0.226. The first-order valence-corrected chi connectivity index (χ1v) is 9.54. The minimum atomic E-state index is 0.0312. The van der Waals surface area contributed by atoms with Gasteiger partial charge in [-0.15, -0.1) is 0 Å². The first kappa shape index (κ1) is 19.3. The number of fused-ring (bicyclic) bond motifs is 1. The lowest BCUT2D eigenvalue weighted by Crippen LogP contribution is -2.32. The second kappa shape index (κ2) is 8.46. The Bertz CT molecular complexity index is 655. The lowest BCUT2D eigenvalue weighted by Gasteiger charge is -2.22. The van der Waals surface area contributed by atoms with Crippen molar-refractivity contribution in [1.82, 2.24) is 9.80 Å². The van der Waals surface area contributed by atoms with Crippen LogP contribution in [0.5, 0.6) is 11.5 Å². The monoisotopic (exact) mass is 382 g/mol. The van der Waals surface area contributed by atoms with Crippen molar-refractivity contribution in [2.75, 3.05) is 53.0 Å². The zero-order valence-corrected chi connectivity index (χ0v) is 16.2. The number of benzene rings is 1. The van der Waals surface area contributed by atoms with Gasteiger partial charge in [0.15, 0.2) is 11.5 Å². The molecule has 3 rings (SSSR count). The molecule has 2 heterocycles. The predicted octanol–water partition coefficient (Wildman–Crippen LogP) is 1.67. The highest BCUT2D eigenvalue weighted by Crippen LogP contribution is 2.36. The zero-order valence-electron chi connectivity index (χ0n) is 15.4. The number of hydrogen-bond donors (Lipinski definition) is 1. The molecule has 26 heavy (non-hydrogen) atoms. The van der Waals surface area contributed by atoms with Gasteiger partial charge in [0.1, 0.15) is 13.2 Å². The van der Waals surface area contributed by atoms with E-state index in [4.69, 9.17) is 21.1 Å². The van der Waals surface area contributed by atoms with Gasteiger partial charge in [-0.05, 0) is 31.1 Å². The minimum absolute atomic E-state index is 0.0312. The van der Waals surface area contributed by atoms with E-state index in [0.717, 1.165) is 18.7 Å². The normalized spacial score (nSPS) is 22.1. The van der Waals surface area contributed by atoms with Crippen LogP contribution in [0.3, 0.4) is 0 Å². The van der Waals surface area contributed by atoms with E-state index in [2.05, 4.69) is 18.9 Å². The fraction of sp³-hybridized carbons (Fsp3) is 0.632. The summed E-state index contributed by atoms with van der Waals surface area (Å²) in [5.41, 5.74) is 0.746. The summed E-state index contributed by atoms with van der Waals surface area (Å²) in [7, 11) is 2.06. The van der Waals surface area contributed by atoms with Gasteiger partial charge in [0.2, 0.25) is 5.91 Å². The molecule has 0 unspecified atom stereocenters. The molecule has 144 valence electrons. The van der Waals surface area contributed by atoms with Crippen LogP contribution in [0, 0.1) is 11.8 Å². The molecule has 6 nitrogen and oxygen atoms in total. The fourth-order valence-electron chi connectivity index (χ4n) is 3.60. The van der Waals surface area contributed by atoms with Crippen molar-refractivity contribution < 1.29 is 19.4 Å². The number of likely N-dealkylation sites (tertiary alicyclic amines) is 1. The van der Waals surface area contributed by atoms with Crippen molar-refractivity contribution in [3.8, 4) is 11.5 Å². The number of aliphatic hydroxyl groups excluding tert-OH is 1. The Morgan fingerprint density at radius 3 is 2.58 bits per heavy atom. The van der Waals surface area contributed by atoms with E-state index < -0.39 is 0 Å². The van der Waals surface area contributed by atoms with Crippen molar-refractivity contribution in [3.05, 3.63) is 22.7 Å². The van der Waals surface area contributed by atoms with Crippen molar-refractivity contribution in [1.29, 1.82) is 0 Å². The van der Waals surface area contributed by atoms with Crippen LogP contribution in [0.4, 0.5) is 0 Å². The molecule has 1 N–H and O–H groups in total. The summed E-state index contributed by atoms with van der Waals surface area (Å²) in [5, 5.41) is 10.2. The highest BCUT2D eigenvalue weighted by Gasteiger charge is 2.35. The SMILES string of the molecule is CCN(C)C[C@@H]1CN(C(=O)Cc2cc3c(cc2Cl)OCCO3)C[C@@H]1CO. The molecule has 0 aliphatic carbocycles. The molecule has 0 saturated carbocycles. The Balaban J connectivity index is 1.66. The number of aliphatic hydroxyl groups is 1. The van der Waals surface area contributed by atoms with E-state index in [9.17, 15) is 9.90 Å². The maximum Gasteiger partial charge on any atom is 0.227 e. The van der Waals surface area contributed by atoms with Gasteiger partial charge in [0.25, 0.3) is 0 Å².